The Kier molecular flexibility index (Phi) is 3.52. The SMILES string of the molecule is Cc1nn(C)c(NC(C)c2ccccc2F)c1C#N. The normalized spacial score (nSPS) is 11.9. The summed E-state index contributed by atoms with van der Waals surface area (Å²) >= 11 is 0. The number of nitrogens with one attached hydrogen (secondary N) is 1. The molecule has 0 spiro atoms. The highest BCUT2D eigenvalue weighted by Gasteiger charge is 2.17. The molecule has 0 aliphatic carbocycles. The maximum atomic E-state index is 13.7. The van der Waals surface area contributed by atoms with Crippen LogP contribution in [0.25, 0.3) is 0 Å². The van der Waals surface area contributed by atoms with Gasteiger partial charge in [0.05, 0.1) is 11.7 Å². The number of nitriles is 1. The second-order valence-electron chi connectivity index (χ2n) is 4.43. The number of aromatic nitrogens is 2. The monoisotopic (exact) mass is 258 g/mol. The van der Waals surface area contributed by atoms with E-state index in [0.717, 1.165) is 0 Å². The van der Waals surface area contributed by atoms with Crippen molar-refractivity contribution in [1.29, 1.82) is 5.26 Å². The lowest BCUT2D eigenvalue weighted by atomic mass is 10.1. The second-order valence-corrected chi connectivity index (χ2v) is 4.43. The zero-order valence-corrected chi connectivity index (χ0v) is 11.1. The van der Waals surface area contributed by atoms with Crippen molar-refractivity contribution in [3.05, 3.63) is 46.9 Å². The first-order chi connectivity index (χ1) is 9.04. The van der Waals surface area contributed by atoms with Gasteiger partial charge in [0.25, 0.3) is 0 Å². The smallest absolute Gasteiger partial charge is 0.142 e. The molecule has 2 aromatic rings. The number of halogens is 1. The Balaban J connectivity index is 2.32. The van der Waals surface area contributed by atoms with Crippen molar-refractivity contribution in [2.24, 2.45) is 7.05 Å². The molecule has 19 heavy (non-hydrogen) atoms. The van der Waals surface area contributed by atoms with E-state index in [9.17, 15) is 4.39 Å². The number of nitrogens with zero attached hydrogens (tertiary/aromatic N) is 3. The van der Waals surface area contributed by atoms with Crippen molar-refractivity contribution in [2.75, 3.05) is 5.32 Å². The van der Waals surface area contributed by atoms with E-state index in [1.165, 1.54) is 6.07 Å². The minimum Gasteiger partial charge on any atom is -0.363 e. The average molecular weight is 258 g/mol. The molecule has 98 valence electrons. The van der Waals surface area contributed by atoms with Crippen LogP contribution in [-0.2, 0) is 7.05 Å². The molecule has 0 aliphatic heterocycles. The molecule has 0 fully saturated rings. The summed E-state index contributed by atoms with van der Waals surface area (Å²) in [6, 6.07) is 8.46. The molecule has 1 N–H and O–H groups in total. The molecular formula is C14H15FN4. The highest BCUT2D eigenvalue weighted by Crippen LogP contribution is 2.24. The number of hydrogen-bond acceptors (Lipinski definition) is 3. The van der Waals surface area contributed by atoms with E-state index in [4.69, 9.17) is 5.26 Å². The maximum Gasteiger partial charge on any atom is 0.142 e. The number of rotatable bonds is 3. The van der Waals surface area contributed by atoms with Gasteiger partial charge in [-0.3, -0.25) is 4.68 Å². The summed E-state index contributed by atoms with van der Waals surface area (Å²) in [6.45, 7) is 3.62. The minimum absolute atomic E-state index is 0.247. The second kappa shape index (κ2) is 5.11. The largest absolute Gasteiger partial charge is 0.363 e. The Hall–Kier alpha value is -2.35. The van der Waals surface area contributed by atoms with Crippen LogP contribution in [0.5, 0.6) is 0 Å². The lowest BCUT2D eigenvalue weighted by molar-refractivity contribution is 0.598. The molecule has 1 aromatic heterocycles. The van der Waals surface area contributed by atoms with Gasteiger partial charge in [-0.15, -0.1) is 0 Å². The highest BCUT2D eigenvalue weighted by molar-refractivity contribution is 5.56. The predicted molar refractivity (Wildman–Crippen MR) is 71.1 cm³/mol. The first-order valence-corrected chi connectivity index (χ1v) is 5.99. The first kappa shape index (κ1) is 13.1. The summed E-state index contributed by atoms with van der Waals surface area (Å²) in [5.41, 5.74) is 1.71. The summed E-state index contributed by atoms with van der Waals surface area (Å²) in [6.07, 6.45) is 0. The summed E-state index contributed by atoms with van der Waals surface area (Å²) in [7, 11) is 1.75. The quantitative estimate of drug-likeness (QED) is 0.921. The standard InChI is InChI=1S/C14H15FN4/c1-9(11-6-4-5-7-13(11)15)17-14-12(8-16)10(2)18-19(14)3/h4-7,9,17H,1-3H3. The van der Waals surface area contributed by atoms with Crippen LogP contribution in [0.4, 0.5) is 10.2 Å². The third kappa shape index (κ3) is 2.43. The van der Waals surface area contributed by atoms with Gasteiger partial charge >= 0.3 is 0 Å². The van der Waals surface area contributed by atoms with Crippen molar-refractivity contribution >= 4 is 5.82 Å². The Morgan fingerprint density at radius 3 is 2.74 bits per heavy atom. The Morgan fingerprint density at radius 1 is 1.42 bits per heavy atom. The van der Waals surface area contributed by atoms with E-state index in [0.29, 0.717) is 22.6 Å². The molecule has 0 saturated heterocycles. The summed E-state index contributed by atoms with van der Waals surface area (Å²) in [4.78, 5) is 0. The fourth-order valence-electron chi connectivity index (χ4n) is 2.07. The molecule has 1 heterocycles. The summed E-state index contributed by atoms with van der Waals surface area (Å²) in [5.74, 6) is 0.343. The van der Waals surface area contributed by atoms with Crippen molar-refractivity contribution in [3.63, 3.8) is 0 Å². The first-order valence-electron chi connectivity index (χ1n) is 5.99. The molecule has 0 radical (unpaired) electrons. The maximum absolute atomic E-state index is 13.7. The van der Waals surface area contributed by atoms with Crippen LogP contribution >= 0.6 is 0 Å². The van der Waals surface area contributed by atoms with Gasteiger partial charge in [0.1, 0.15) is 23.3 Å². The molecule has 0 saturated carbocycles. The molecule has 1 unspecified atom stereocenters. The van der Waals surface area contributed by atoms with Gasteiger partial charge in [-0.25, -0.2) is 4.39 Å². The topological polar surface area (TPSA) is 53.6 Å². The van der Waals surface area contributed by atoms with Crippen LogP contribution in [0.2, 0.25) is 0 Å². The molecule has 1 aromatic carbocycles. The number of anilines is 1. The summed E-state index contributed by atoms with van der Waals surface area (Å²) in [5, 5.41) is 16.5. The van der Waals surface area contributed by atoms with Crippen molar-refractivity contribution in [3.8, 4) is 6.07 Å². The number of benzene rings is 1. The third-order valence-corrected chi connectivity index (χ3v) is 3.06. The molecule has 0 amide bonds. The van der Waals surface area contributed by atoms with E-state index in [1.54, 1.807) is 36.9 Å². The van der Waals surface area contributed by atoms with Crippen molar-refractivity contribution in [2.45, 2.75) is 19.9 Å². The average Bonchev–Trinajstić information content (AvgIpc) is 2.64. The zero-order valence-electron chi connectivity index (χ0n) is 11.1. The van der Waals surface area contributed by atoms with Crippen molar-refractivity contribution in [1.82, 2.24) is 9.78 Å². The fourth-order valence-corrected chi connectivity index (χ4v) is 2.07. The Morgan fingerprint density at radius 2 is 2.11 bits per heavy atom. The van der Waals surface area contributed by atoms with Crippen LogP contribution in [0.1, 0.15) is 29.8 Å². The van der Waals surface area contributed by atoms with Crippen LogP contribution in [0.15, 0.2) is 24.3 Å². The van der Waals surface area contributed by atoms with Gasteiger partial charge in [0, 0.05) is 12.6 Å². The van der Waals surface area contributed by atoms with Gasteiger partial charge in [-0.2, -0.15) is 10.4 Å². The Labute approximate surface area is 111 Å². The van der Waals surface area contributed by atoms with E-state index in [-0.39, 0.29) is 11.9 Å². The lowest BCUT2D eigenvalue weighted by Gasteiger charge is -2.16. The van der Waals surface area contributed by atoms with Gasteiger partial charge in [-0.1, -0.05) is 18.2 Å². The molecule has 2 rings (SSSR count). The zero-order chi connectivity index (χ0) is 14.0. The lowest BCUT2D eigenvalue weighted by Crippen LogP contribution is -2.12. The molecule has 5 heteroatoms. The van der Waals surface area contributed by atoms with Crippen molar-refractivity contribution < 1.29 is 4.39 Å². The van der Waals surface area contributed by atoms with Gasteiger partial charge in [-0.05, 0) is 19.9 Å². The van der Waals surface area contributed by atoms with Crippen LogP contribution in [0, 0.1) is 24.1 Å². The van der Waals surface area contributed by atoms with Crippen LogP contribution in [0.3, 0.4) is 0 Å². The van der Waals surface area contributed by atoms with E-state index < -0.39 is 0 Å². The number of hydrogen-bond donors (Lipinski definition) is 1. The molecule has 0 aliphatic rings. The van der Waals surface area contributed by atoms with Crippen LogP contribution < -0.4 is 5.32 Å². The third-order valence-electron chi connectivity index (χ3n) is 3.06. The van der Waals surface area contributed by atoms with E-state index in [2.05, 4.69) is 16.5 Å². The Bertz CT molecular complexity index is 639. The molecule has 1 atom stereocenters. The number of aryl methyl sites for hydroxylation is 2. The highest BCUT2D eigenvalue weighted by atomic mass is 19.1. The summed E-state index contributed by atoms with van der Waals surface area (Å²) < 4.78 is 15.3. The minimum atomic E-state index is -0.264. The van der Waals surface area contributed by atoms with Crippen LogP contribution in [-0.4, -0.2) is 9.78 Å². The predicted octanol–water partition coefficient (Wildman–Crippen LogP) is 2.91. The fraction of sp³-hybridized carbons (Fsp3) is 0.286. The molecular weight excluding hydrogens is 243 g/mol. The van der Waals surface area contributed by atoms with E-state index >= 15 is 0 Å². The van der Waals surface area contributed by atoms with Gasteiger partial charge in [0.2, 0.25) is 0 Å². The van der Waals surface area contributed by atoms with E-state index in [1.807, 2.05) is 6.92 Å². The molecule has 0 bridgehead atoms. The van der Waals surface area contributed by atoms with Gasteiger partial charge < -0.3 is 5.32 Å². The van der Waals surface area contributed by atoms with Gasteiger partial charge in [0.15, 0.2) is 0 Å². The molecule has 4 nitrogen and oxygen atoms in total.